The molecule has 0 unspecified atom stereocenters. The van der Waals surface area contributed by atoms with Gasteiger partial charge in [0.05, 0.1) is 23.3 Å². The molecule has 0 radical (unpaired) electrons. The summed E-state index contributed by atoms with van der Waals surface area (Å²) in [5.41, 5.74) is 0.558. The lowest BCUT2D eigenvalue weighted by molar-refractivity contribution is -0.271. The smallest absolute Gasteiger partial charge is 0.338 e. The summed E-state index contributed by atoms with van der Waals surface area (Å²) in [6.45, 7) is 6.26. The maximum Gasteiger partial charge on any atom is 0.338 e. The molecule has 0 N–H and O–H groups in total. The molecule has 4 aliphatic rings. The minimum Gasteiger partial charge on any atom is -0.459 e. The highest BCUT2D eigenvalue weighted by atomic mass is 16.9. The van der Waals surface area contributed by atoms with Gasteiger partial charge in [0, 0.05) is 0 Å². The highest BCUT2D eigenvalue weighted by Crippen LogP contribution is 2.44. The Morgan fingerprint density at radius 2 is 1.09 bits per heavy atom. The van der Waals surface area contributed by atoms with Gasteiger partial charge in [-0.25, -0.2) is 14.4 Å². The van der Waals surface area contributed by atoms with Crippen LogP contribution in [0.5, 0.6) is 0 Å². The molecule has 7 rings (SSSR count). The van der Waals surface area contributed by atoms with Crippen molar-refractivity contribution in [1.82, 2.24) is 0 Å². The third-order valence-electron chi connectivity index (χ3n) is 9.02. The highest BCUT2D eigenvalue weighted by Gasteiger charge is 2.61. The molecule has 3 aromatic carbocycles. The van der Waals surface area contributed by atoms with Gasteiger partial charge in [0.15, 0.2) is 24.0 Å². The van der Waals surface area contributed by atoms with Crippen molar-refractivity contribution in [2.45, 2.75) is 94.6 Å². The number of esters is 3. The third kappa shape index (κ3) is 8.19. The zero-order chi connectivity index (χ0) is 37.3. The van der Waals surface area contributed by atoms with Gasteiger partial charge in [-0.15, -0.1) is 0 Å². The van der Waals surface area contributed by atoms with Crippen molar-refractivity contribution in [2.24, 2.45) is 0 Å². The second-order valence-electron chi connectivity index (χ2n) is 13.8. The quantitative estimate of drug-likeness (QED) is 0.217. The summed E-state index contributed by atoms with van der Waals surface area (Å²) in [4.78, 5) is 54.1. The summed E-state index contributed by atoms with van der Waals surface area (Å²) in [6, 6.07) is 24.2. The van der Waals surface area contributed by atoms with Crippen LogP contribution < -0.4 is 0 Å². The van der Waals surface area contributed by atoms with Gasteiger partial charge in [-0.3, -0.25) is 4.79 Å². The number of benzene rings is 3. The van der Waals surface area contributed by atoms with Gasteiger partial charge in [0.2, 0.25) is 18.2 Å². The molecule has 0 spiro atoms. The summed E-state index contributed by atoms with van der Waals surface area (Å²) in [5, 5.41) is 0. The second kappa shape index (κ2) is 15.1. The summed E-state index contributed by atoms with van der Waals surface area (Å²) >= 11 is 0. The molecule has 14 heteroatoms. The first-order chi connectivity index (χ1) is 25.4. The van der Waals surface area contributed by atoms with Crippen molar-refractivity contribution in [1.29, 1.82) is 0 Å². The van der Waals surface area contributed by atoms with Crippen LogP contribution in [0.1, 0.15) is 58.8 Å². The summed E-state index contributed by atoms with van der Waals surface area (Å²) in [6.07, 6.45) is -9.85. The number of ether oxygens (including phenoxy) is 10. The van der Waals surface area contributed by atoms with Gasteiger partial charge in [-0.05, 0) is 64.1 Å². The maximum atomic E-state index is 14.2. The summed E-state index contributed by atoms with van der Waals surface area (Å²) < 4.78 is 60.1. The lowest BCUT2D eigenvalue weighted by Gasteiger charge is -2.40. The van der Waals surface area contributed by atoms with E-state index in [1.165, 1.54) is 24.3 Å². The van der Waals surface area contributed by atoms with Crippen molar-refractivity contribution < 1.29 is 66.5 Å². The largest absolute Gasteiger partial charge is 0.459 e. The van der Waals surface area contributed by atoms with E-state index in [0.29, 0.717) is 0 Å². The van der Waals surface area contributed by atoms with E-state index in [2.05, 4.69) is 0 Å². The van der Waals surface area contributed by atoms with Crippen LogP contribution in [-0.2, 0) is 52.2 Å². The average Bonchev–Trinajstić information content (AvgIpc) is 3.66. The number of hydrogen-bond acceptors (Lipinski definition) is 14. The lowest BCUT2D eigenvalue weighted by Crippen LogP contribution is -2.61. The topological polar surface area (TPSA) is 161 Å². The Morgan fingerprint density at radius 1 is 0.585 bits per heavy atom. The molecular formula is C39H40O14. The Kier molecular flexibility index (Phi) is 10.5. The first-order valence-corrected chi connectivity index (χ1v) is 17.3. The fraction of sp³-hybridized carbons (Fsp3) is 0.436. The molecule has 4 fully saturated rings. The SMILES string of the molecule is CC1(C)O[C@H]2[C@@H](O1)[C@@H](CO[C@@H]1O[C@H](COC(=O)c3ccccc3)[C@@H](OC(=O)c3ccccc3)[C@H](OC(=O)c3ccccc3)C1=O)O[C@@H]1OC(C)(C)O[C@@H]12. The van der Waals surface area contributed by atoms with Crippen LogP contribution in [0.4, 0.5) is 0 Å². The molecule has 0 bridgehead atoms. The Balaban J connectivity index is 1.16. The van der Waals surface area contributed by atoms with Crippen molar-refractivity contribution in [3.05, 3.63) is 108 Å². The summed E-state index contributed by atoms with van der Waals surface area (Å²) in [5.74, 6) is -5.20. The van der Waals surface area contributed by atoms with Gasteiger partial charge in [0.1, 0.15) is 37.1 Å². The van der Waals surface area contributed by atoms with Crippen LogP contribution in [-0.4, -0.2) is 104 Å². The fourth-order valence-corrected chi connectivity index (χ4v) is 6.66. The molecule has 4 saturated heterocycles. The number of carbonyl (C=O) groups excluding carboxylic acids is 4. The van der Waals surface area contributed by atoms with Crippen molar-refractivity contribution >= 4 is 23.7 Å². The average molecular weight is 733 g/mol. The van der Waals surface area contributed by atoms with Crippen molar-refractivity contribution in [3.8, 4) is 0 Å². The minimum absolute atomic E-state index is 0.142. The molecule has 9 atom stereocenters. The molecule has 0 aliphatic carbocycles. The van der Waals surface area contributed by atoms with Crippen molar-refractivity contribution in [3.63, 3.8) is 0 Å². The van der Waals surface area contributed by atoms with Gasteiger partial charge in [-0.2, -0.15) is 0 Å². The van der Waals surface area contributed by atoms with E-state index in [1.807, 2.05) is 0 Å². The first-order valence-electron chi connectivity index (χ1n) is 17.3. The molecule has 4 aliphatic heterocycles. The number of hydrogen-bond donors (Lipinski definition) is 0. The number of fused-ring (bicyclic) bond motifs is 3. The highest BCUT2D eigenvalue weighted by molar-refractivity contribution is 5.95. The predicted octanol–water partition coefficient (Wildman–Crippen LogP) is 4.00. The van der Waals surface area contributed by atoms with Gasteiger partial charge < -0.3 is 47.4 Å². The Morgan fingerprint density at radius 3 is 1.70 bits per heavy atom. The lowest BCUT2D eigenvalue weighted by atomic mass is 9.98. The number of Topliss-reactive ketones (excluding diaryl/α,β-unsaturated/α-hetero) is 1. The maximum absolute atomic E-state index is 14.2. The zero-order valence-corrected chi connectivity index (χ0v) is 29.5. The molecule has 0 aromatic heterocycles. The zero-order valence-electron chi connectivity index (χ0n) is 29.5. The molecule has 280 valence electrons. The Hall–Kier alpha value is -4.54. The molecule has 53 heavy (non-hydrogen) atoms. The molecule has 0 amide bonds. The monoisotopic (exact) mass is 732 g/mol. The van der Waals surface area contributed by atoms with Crippen LogP contribution >= 0.6 is 0 Å². The molecule has 3 aromatic rings. The van der Waals surface area contributed by atoms with Gasteiger partial charge in [0.25, 0.3) is 0 Å². The van der Waals surface area contributed by atoms with E-state index in [0.717, 1.165) is 0 Å². The van der Waals surface area contributed by atoms with Gasteiger partial charge >= 0.3 is 17.9 Å². The molecule has 14 nitrogen and oxygen atoms in total. The Labute approximate surface area is 305 Å². The summed E-state index contributed by atoms with van der Waals surface area (Å²) in [7, 11) is 0. The van der Waals surface area contributed by atoms with E-state index in [-0.39, 0.29) is 23.3 Å². The van der Waals surface area contributed by atoms with Crippen LogP contribution in [0.25, 0.3) is 0 Å². The third-order valence-corrected chi connectivity index (χ3v) is 9.02. The van der Waals surface area contributed by atoms with E-state index in [1.54, 1.807) is 94.4 Å². The van der Waals surface area contributed by atoms with E-state index >= 15 is 0 Å². The van der Waals surface area contributed by atoms with E-state index in [4.69, 9.17) is 47.4 Å². The van der Waals surface area contributed by atoms with E-state index in [9.17, 15) is 19.2 Å². The van der Waals surface area contributed by atoms with Gasteiger partial charge in [-0.1, -0.05) is 54.6 Å². The predicted molar refractivity (Wildman–Crippen MR) is 180 cm³/mol. The standard InChI is InChI=1S/C39H40O14/c1-38(2)50-29-26(47-37-32(31(29)51-38)52-39(3,4)53-37)21-45-36-27(40)30(49-35(43)24-18-12-7-13-19-24)28(48-34(42)23-16-10-6-11-17-23)25(46-36)20-44-33(41)22-14-8-5-9-15-22/h5-19,25-26,28-32,36-37H,20-21H2,1-4H3/t25-,26-,28-,29+,30-,31+,32-,36-,37-/m1/s1. The normalized spacial score (nSPS) is 31.2. The molecular weight excluding hydrogens is 692 g/mol. The first kappa shape index (κ1) is 36.8. The minimum atomic E-state index is -1.74. The number of rotatable bonds is 10. The van der Waals surface area contributed by atoms with Crippen LogP contribution in [0, 0.1) is 0 Å². The van der Waals surface area contributed by atoms with Crippen LogP contribution in [0.2, 0.25) is 0 Å². The fourth-order valence-electron chi connectivity index (χ4n) is 6.66. The van der Waals surface area contributed by atoms with E-state index < -0.39 is 97.2 Å². The molecule has 0 saturated carbocycles. The second-order valence-corrected chi connectivity index (χ2v) is 13.8. The van der Waals surface area contributed by atoms with Crippen LogP contribution in [0.3, 0.4) is 0 Å². The molecule has 4 heterocycles. The van der Waals surface area contributed by atoms with Crippen molar-refractivity contribution in [2.75, 3.05) is 13.2 Å². The number of ketones is 1. The number of carbonyl (C=O) groups is 4. The Bertz CT molecular complexity index is 1780. The van der Waals surface area contributed by atoms with Crippen LogP contribution in [0.15, 0.2) is 91.0 Å².